The first-order valence-electron chi connectivity index (χ1n) is 4.03. The molecule has 6 nitrogen and oxygen atoms in total. The number of nitrogens with one attached hydrogen (secondary N) is 3. The van der Waals surface area contributed by atoms with Crippen molar-refractivity contribution in [3.8, 4) is 0 Å². The van der Waals surface area contributed by atoms with Crippen LogP contribution in [0.15, 0.2) is 0 Å². The van der Waals surface area contributed by atoms with Gasteiger partial charge in [0.2, 0.25) is 0 Å². The highest BCUT2D eigenvalue weighted by Crippen LogP contribution is 2.10. The molecule has 0 amide bonds. The van der Waals surface area contributed by atoms with E-state index in [4.69, 9.17) is 16.2 Å². The summed E-state index contributed by atoms with van der Waals surface area (Å²) in [5, 5.41) is 21.5. The second-order valence-corrected chi connectivity index (χ2v) is 3.52. The Labute approximate surface area is 76.0 Å². The molecule has 6 N–H and O–H groups in total. The molecule has 0 aliphatic carbocycles. The van der Waals surface area contributed by atoms with Gasteiger partial charge in [0.25, 0.3) is 0 Å². The summed E-state index contributed by atoms with van der Waals surface area (Å²) in [6.07, 6.45) is 0.303. The van der Waals surface area contributed by atoms with Gasteiger partial charge in [-0.25, -0.2) is 0 Å². The Morgan fingerprint density at radius 3 is 2.92 bits per heavy atom. The molecule has 0 radical (unpaired) electrons. The Kier molecular flexibility index (Phi) is 2.42. The predicted molar refractivity (Wildman–Crippen MR) is 47.5 cm³/mol. The van der Waals surface area contributed by atoms with E-state index in [2.05, 4.69) is 10.6 Å². The number of nitrogens with two attached hydrogens (primary N) is 1. The molecule has 2 atom stereocenters. The number of aliphatic carboxylic acids is 1. The third-order valence-electron chi connectivity index (χ3n) is 2.03. The Morgan fingerprint density at radius 1 is 1.92 bits per heavy atom. The van der Waals surface area contributed by atoms with Crippen LogP contribution in [0.3, 0.4) is 0 Å². The first-order valence-corrected chi connectivity index (χ1v) is 4.03. The van der Waals surface area contributed by atoms with Crippen molar-refractivity contribution in [2.45, 2.75) is 24.9 Å². The zero-order valence-electron chi connectivity index (χ0n) is 7.42. The Balaban J connectivity index is 2.49. The summed E-state index contributed by atoms with van der Waals surface area (Å²) in [4.78, 5) is 10.7. The Hall–Kier alpha value is -1.30. The summed E-state index contributed by atoms with van der Waals surface area (Å²) in [5.41, 5.74) is 4.31. The van der Waals surface area contributed by atoms with Crippen molar-refractivity contribution in [1.29, 1.82) is 5.41 Å². The van der Waals surface area contributed by atoms with E-state index in [9.17, 15) is 4.79 Å². The molecule has 0 spiro atoms. The number of hydrogen-bond donors (Lipinski definition) is 5. The molecule has 0 aromatic carbocycles. The van der Waals surface area contributed by atoms with Crippen LogP contribution in [0.25, 0.3) is 0 Å². The zero-order chi connectivity index (χ0) is 10.1. The largest absolute Gasteiger partial charge is 0.480 e. The van der Waals surface area contributed by atoms with Gasteiger partial charge in [-0.2, -0.15) is 0 Å². The number of hydrogen-bond acceptors (Lipinski definition) is 3. The standard InChI is InChI=1S/C7H14N4O2/c1-7(9,5(12)13)2-4-3-10-6(8)11-4/h4H,2-3,9H2,1H3,(H,12,13)(H3,8,10,11)/t4-,7-/m0/s1. The highest BCUT2D eigenvalue weighted by atomic mass is 16.4. The van der Waals surface area contributed by atoms with Crippen LogP contribution in [0.1, 0.15) is 13.3 Å². The van der Waals surface area contributed by atoms with Crippen LogP contribution in [0.2, 0.25) is 0 Å². The maximum absolute atomic E-state index is 10.7. The summed E-state index contributed by atoms with van der Waals surface area (Å²) in [5.74, 6) is -0.793. The average Bonchev–Trinajstić information content (AvgIpc) is 2.34. The number of carboxylic acids is 1. The third kappa shape index (κ3) is 2.32. The lowest BCUT2D eigenvalue weighted by atomic mass is 9.95. The van der Waals surface area contributed by atoms with Gasteiger partial charge in [0, 0.05) is 12.6 Å². The molecule has 1 rings (SSSR count). The molecule has 0 bridgehead atoms. The van der Waals surface area contributed by atoms with Crippen LogP contribution in [0.4, 0.5) is 0 Å². The first-order chi connectivity index (χ1) is 5.92. The molecule has 6 heteroatoms. The second-order valence-electron chi connectivity index (χ2n) is 3.52. The van der Waals surface area contributed by atoms with Crippen molar-refractivity contribution in [3.63, 3.8) is 0 Å². The van der Waals surface area contributed by atoms with Gasteiger partial charge in [0.1, 0.15) is 5.54 Å². The van der Waals surface area contributed by atoms with Crippen molar-refractivity contribution in [3.05, 3.63) is 0 Å². The van der Waals surface area contributed by atoms with Gasteiger partial charge in [-0.15, -0.1) is 0 Å². The molecule has 13 heavy (non-hydrogen) atoms. The number of rotatable bonds is 3. The number of guanidine groups is 1. The van der Waals surface area contributed by atoms with Crippen LogP contribution in [-0.4, -0.2) is 35.2 Å². The highest BCUT2D eigenvalue weighted by Gasteiger charge is 2.33. The molecule has 1 aliphatic rings. The lowest BCUT2D eigenvalue weighted by Gasteiger charge is -2.22. The van der Waals surface area contributed by atoms with E-state index in [-0.39, 0.29) is 12.0 Å². The van der Waals surface area contributed by atoms with Crippen molar-refractivity contribution < 1.29 is 9.90 Å². The fraction of sp³-hybridized carbons (Fsp3) is 0.714. The number of carboxylic acid groups (broad SMARTS) is 1. The van der Waals surface area contributed by atoms with Gasteiger partial charge >= 0.3 is 5.97 Å². The maximum Gasteiger partial charge on any atom is 0.323 e. The summed E-state index contributed by atoms with van der Waals surface area (Å²) < 4.78 is 0. The van der Waals surface area contributed by atoms with E-state index in [1.807, 2.05) is 0 Å². The average molecular weight is 186 g/mol. The fourth-order valence-corrected chi connectivity index (χ4v) is 1.25. The molecule has 1 saturated heterocycles. The quantitative estimate of drug-likeness (QED) is 0.375. The normalized spacial score (nSPS) is 26.0. The van der Waals surface area contributed by atoms with E-state index < -0.39 is 11.5 Å². The predicted octanol–water partition coefficient (Wildman–Crippen LogP) is -1.33. The second kappa shape index (κ2) is 3.21. The van der Waals surface area contributed by atoms with Crippen molar-refractivity contribution in [2.75, 3.05) is 6.54 Å². The summed E-state index contributed by atoms with van der Waals surface area (Å²) >= 11 is 0. The lowest BCUT2D eigenvalue weighted by molar-refractivity contribution is -0.143. The van der Waals surface area contributed by atoms with Gasteiger partial charge in [0.15, 0.2) is 5.96 Å². The molecule has 1 fully saturated rings. The molecule has 0 saturated carbocycles. The third-order valence-corrected chi connectivity index (χ3v) is 2.03. The molecule has 1 aliphatic heterocycles. The maximum atomic E-state index is 10.7. The lowest BCUT2D eigenvalue weighted by Crippen LogP contribution is -2.49. The van der Waals surface area contributed by atoms with Crippen LogP contribution in [-0.2, 0) is 4.79 Å². The van der Waals surface area contributed by atoms with E-state index >= 15 is 0 Å². The van der Waals surface area contributed by atoms with E-state index in [1.165, 1.54) is 6.92 Å². The fourth-order valence-electron chi connectivity index (χ4n) is 1.25. The minimum absolute atomic E-state index is 0.0707. The Morgan fingerprint density at radius 2 is 2.54 bits per heavy atom. The SMILES string of the molecule is C[C@](N)(C[C@H]1CNC(=N)N1)C(=O)O. The van der Waals surface area contributed by atoms with E-state index in [0.717, 1.165) is 0 Å². The Bertz CT molecular complexity index is 239. The topological polar surface area (TPSA) is 111 Å². The van der Waals surface area contributed by atoms with Gasteiger partial charge < -0.3 is 21.5 Å². The van der Waals surface area contributed by atoms with Crippen molar-refractivity contribution >= 4 is 11.9 Å². The van der Waals surface area contributed by atoms with Crippen LogP contribution >= 0.6 is 0 Å². The molecule has 0 aromatic rings. The first kappa shape index (κ1) is 9.79. The smallest absolute Gasteiger partial charge is 0.323 e. The summed E-state index contributed by atoms with van der Waals surface area (Å²) in [6.45, 7) is 2.03. The summed E-state index contributed by atoms with van der Waals surface area (Å²) in [6, 6.07) is -0.0707. The van der Waals surface area contributed by atoms with Gasteiger partial charge in [-0.3, -0.25) is 10.2 Å². The molecule has 1 heterocycles. The number of carbonyl (C=O) groups is 1. The van der Waals surface area contributed by atoms with Crippen molar-refractivity contribution in [1.82, 2.24) is 10.6 Å². The monoisotopic (exact) mass is 186 g/mol. The zero-order valence-corrected chi connectivity index (χ0v) is 7.42. The molecule has 74 valence electrons. The van der Waals surface area contributed by atoms with Crippen LogP contribution < -0.4 is 16.4 Å². The van der Waals surface area contributed by atoms with Gasteiger partial charge in [-0.05, 0) is 13.3 Å². The molecule has 0 unspecified atom stereocenters. The van der Waals surface area contributed by atoms with Gasteiger partial charge in [-0.1, -0.05) is 0 Å². The van der Waals surface area contributed by atoms with E-state index in [0.29, 0.717) is 13.0 Å². The summed E-state index contributed by atoms with van der Waals surface area (Å²) in [7, 11) is 0. The van der Waals surface area contributed by atoms with Gasteiger partial charge in [0.05, 0.1) is 0 Å². The van der Waals surface area contributed by atoms with E-state index in [1.54, 1.807) is 0 Å². The molecular weight excluding hydrogens is 172 g/mol. The molecular formula is C7H14N4O2. The minimum Gasteiger partial charge on any atom is -0.480 e. The molecule has 0 aromatic heterocycles. The van der Waals surface area contributed by atoms with Crippen molar-refractivity contribution in [2.24, 2.45) is 5.73 Å². The van der Waals surface area contributed by atoms with Crippen LogP contribution in [0, 0.1) is 5.41 Å². The highest BCUT2D eigenvalue weighted by molar-refractivity contribution is 5.80. The van der Waals surface area contributed by atoms with Crippen LogP contribution in [0.5, 0.6) is 0 Å². The minimum atomic E-state index is -1.23.